The largest absolute Gasteiger partial charge is 0.497 e. The molecule has 1 N–H and O–H groups in total. The number of ether oxygens (including phenoxy) is 1. The highest BCUT2D eigenvalue weighted by Crippen LogP contribution is 2.17. The number of methoxy groups -OCH3 is 1. The second-order valence-electron chi connectivity index (χ2n) is 3.87. The average Bonchev–Trinajstić information content (AvgIpc) is 2.93. The maximum Gasteiger partial charge on any atom is 0.250 e. The van der Waals surface area contributed by atoms with Crippen molar-refractivity contribution in [2.24, 2.45) is 0 Å². The Balaban J connectivity index is 1.94. The molecule has 0 unspecified atom stereocenters. The topological polar surface area (TPSA) is 51.2 Å². The van der Waals surface area contributed by atoms with Gasteiger partial charge in [0.15, 0.2) is 5.13 Å². The summed E-state index contributed by atoms with van der Waals surface area (Å²) in [6.07, 6.45) is 3.19. The molecule has 2 rings (SSSR count). The summed E-state index contributed by atoms with van der Waals surface area (Å²) in [5.74, 6) is 0.896. The zero-order valence-electron chi connectivity index (χ0n) is 10.8. The van der Waals surface area contributed by atoms with Crippen LogP contribution >= 0.6 is 22.9 Å². The Bertz CT molecular complexity index is 608. The number of thiazole rings is 1. The van der Waals surface area contributed by atoms with E-state index in [0.717, 1.165) is 17.0 Å². The fourth-order valence-electron chi connectivity index (χ4n) is 1.46. The highest BCUT2D eigenvalue weighted by atomic mass is 35.5. The van der Waals surface area contributed by atoms with Crippen LogP contribution in [0.3, 0.4) is 0 Å². The number of nitrogens with one attached hydrogen (secondary N) is 1. The average molecular weight is 309 g/mol. The summed E-state index contributed by atoms with van der Waals surface area (Å²) < 4.78 is 5.07. The molecule has 1 aromatic heterocycles. The maximum absolute atomic E-state index is 11.7. The molecular formula is C14H13ClN2O2S. The normalized spacial score (nSPS) is 10.7. The first-order valence-corrected chi connectivity index (χ1v) is 7.26. The quantitative estimate of drug-likeness (QED) is 0.679. The minimum absolute atomic E-state index is 0.226. The molecule has 1 amide bonds. The standard InChI is InChI=1S/C14H13ClN2O2S/c1-19-12-5-2-10(3-6-12)4-7-13(18)17-14-16-11(8-15)9-20-14/h2-7,9H,8H2,1H3,(H,16,17,18)/b7-4+. The van der Waals surface area contributed by atoms with Crippen molar-refractivity contribution in [3.63, 3.8) is 0 Å². The monoisotopic (exact) mass is 308 g/mol. The number of rotatable bonds is 5. The summed E-state index contributed by atoms with van der Waals surface area (Å²) in [6.45, 7) is 0. The lowest BCUT2D eigenvalue weighted by molar-refractivity contribution is -0.111. The number of amides is 1. The van der Waals surface area contributed by atoms with Crippen molar-refractivity contribution >= 4 is 40.1 Å². The molecule has 4 nitrogen and oxygen atoms in total. The van der Waals surface area contributed by atoms with Crippen LogP contribution in [0, 0.1) is 0 Å². The van der Waals surface area contributed by atoms with Crippen LogP contribution in [0.5, 0.6) is 5.75 Å². The van der Waals surface area contributed by atoms with E-state index in [2.05, 4.69) is 10.3 Å². The third-order valence-corrected chi connectivity index (χ3v) is 3.54. The van der Waals surface area contributed by atoms with E-state index in [1.165, 1.54) is 17.4 Å². The fraction of sp³-hybridized carbons (Fsp3) is 0.143. The molecule has 0 saturated heterocycles. The number of anilines is 1. The van der Waals surface area contributed by atoms with Crippen LogP contribution in [0.1, 0.15) is 11.3 Å². The molecule has 0 radical (unpaired) electrons. The summed E-state index contributed by atoms with van der Waals surface area (Å²) in [5.41, 5.74) is 1.67. The lowest BCUT2D eigenvalue weighted by Crippen LogP contribution is -2.07. The van der Waals surface area contributed by atoms with Crippen molar-refractivity contribution < 1.29 is 9.53 Å². The van der Waals surface area contributed by atoms with Crippen molar-refractivity contribution in [3.8, 4) is 5.75 Å². The zero-order valence-corrected chi connectivity index (χ0v) is 12.4. The molecule has 1 aromatic carbocycles. The minimum atomic E-state index is -0.226. The molecule has 0 aliphatic heterocycles. The number of alkyl halides is 1. The lowest BCUT2D eigenvalue weighted by Gasteiger charge is -1.99. The van der Waals surface area contributed by atoms with Crippen LogP contribution < -0.4 is 10.1 Å². The molecular weight excluding hydrogens is 296 g/mol. The number of carbonyl (C=O) groups excluding carboxylic acids is 1. The summed E-state index contributed by atoms with van der Waals surface area (Å²) in [5, 5.41) is 5.05. The Labute approximate surface area is 126 Å². The van der Waals surface area contributed by atoms with Gasteiger partial charge in [0.25, 0.3) is 0 Å². The molecule has 0 fully saturated rings. The highest BCUT2D eigenvalue weighted by Gasteiger charge is 2.03. The van der Waals surface area contributed by atoms with E-state index in [-0.39, 0.29) is 5.91 Å². The molecule has 0 saturated carbocycles. The maximum atomic E-state index is 11.7. The van der Waals surface area contributed by atoms with Gasteiger partial charge in [-0.1, -0.05) is 12.1 Å². The van der Waals surface area contributed by atoms with E-state index in [9.17, 15) is 4.79 Å². The van der Waals surface area contributed by atoms with Crippen molar-refractivity contribution in [2.75, 3.05) is 12.4 Å². The second kappa shape index (κ2) is 7.07. The first-order chi connectivity index (χ1) is 9.71. The molecule has 0 spiro atoms. The van der Waals surface area contributed by atoms with Crippen molar-refractivity contribution in [2.45, 2.75) is 5.88 Å². The molecule has 0 aliphatic carbocycles. The van der Waals surface area contributed by atoms with Gasteiger partial charge >= 0.3 is 0 Å². The first-order valence-electron chi connectivity index (χ1n) is 5.85. The predicted octanol–water partition coefficient (Wildman–Crippen LogP) is 3.54. The summed E-state index contributed by atoms with van der Waals surface area (Å²) >= 11 is 7.00. The van der Waals surface area contributed by atoms with Gasteiger partial charge in [0, 0.05) is 11.5 Å². The molecule has 20 heavy (non-hydrogen) atoms. The van der Waals surface area contributed by atoms with E-state index in [1.807, 2.05) is 29.6 Å². The number of hydrogen-bond acceptors (Lipinski definition) is 4. The number of halogens is 1. The first kappa shape index (κ1) is 14.6. The van der Waals surface area contributed by atoms with E-state index in [4.69, 9.17) is 16.3 Å². The zero-order chi connectivity index (χ0) is 14.4. The number of hydrogen-bond donors (Lipinski definition) is 1. The van der Waals surface area contributed by atoms with Crippen LogP contribution in [-0.2, 0) is 10.7 Å². The summed E-state index contributed by atoms with van der Waals surface area (Å²) in [4.78, 5) is 15.9. The van der Waals surface area contributed by atoms with E-state index >= 15 is 0 Å². The third-order valence-electron chi connectivity index (χ3n) is 2.46. The Kier molecular flexibility index (Phi) is 5.15. The summed E-state index contributed by atoms with van der Waals surface area (Å²) in [6, 6.07) is 7.42. The van der Waals surface area contributed by atoms with E-state index in [0.29, 0.717) is 11.0 Å². The van der Waals surface area contributed by atoms with Gasteiger partial charge in [-0.2, -0.15) is 0 Å². The molecule has 2 aromatic rings. The lowest BCUT2D eigenvalue weighted by atomic mass is 10.2. The third kappa shape index (κ3) is 4.08. The SMILES string of the molecule is COc1ccc(/C=C/C(=O)Nc2nc(CCl)cs2)cc1. The number of aromatic nitrogens is 1. The van der Waals surface area contributed by atoms with Gasteiger partial charge in [-0.05, 0) is 23.8 Å². The van der Waals surface area contributed by atoms with Crippen molar-refractivity contribution in [3.05, 3.63) is 47.0 Å². The number of benzene rings is 1. The highest BCUT2D eigenvalue weighted by molar-refractivity contribution is 7.14. The summed E-state index contributed by atoms with van der Waals surface area (Å²) in [7, 11) is 1.61. The Morgan fingerprint density at radius 1 is 1.45 bits per heavy atom. The van der Waals surface area contributed by atoms with Crippen LogP contribution in [0.4, 0.5) is 5.13 Å². The van der Waals surface area contributed by atoms with Crippen LogP contribution in [0.25, 0.3) is 6.08 Å². The number of nitrogens with zero attached hydrogens (tertiary/aromatic N) is 1. The van der Waals surface area contributed by atoms with E-state index in [1.54, 1.807) is 13.2 Å². The molecule has 104 valence electrons. The molecule has 1 heterocycles. The van der Waals surface area contributed by atoms with Crippen LogP contribution in [0.15, 0.2) is 35.7 Å². The predicted molar refractivity (Wildman–Crippen MR) is 82.3 cm³/mol. The second-order valence-corrected chi connectivity index (χ2v) is 5.00. The van der Waals surface area contributed by atoms with Crippen molar-refractivity contribution in [1.82, 2.24) is 4.98 Å². The van der Waals surface area contributed by atoms with Gasteiger partial charge in [0.05, 0.1) is 18.7 Å². The molecule has 0 bridgehead atoms. The van der Waals surface area contributed by atoms with Crippen LogP contribution in [0.2, 0.25) is 0 Å². The Hall–Kier alpha value is -1.85. The van der Waals surface area contributed by atoms with Gasteiger partial charge in [-0.3, -0.25) is 10.1 Å². The van der Waals surface area contributed by atoms with Gasteiger partial charge in [0.2, 0.25) is 5.91 Å². The molecule has 6 heteroatoms. The molecule has 0 aliphatic rings. The van der Waals surface area contributed by atoms with Gasteiger partial charge in [-0.15, -0.1) is 22.9 Å². The molecule has 0 atom stereocenters. The Morgan fingerprint density at radius 2 is 2.20 bits per heavy atom. The minimum Gasteiger partial charge on any atom is -0.497 e. The fourth-order valence-corrected chi connectivity index (χ4v) is 2.40. The number of carbonyl (C=O) groups is 1. The van der Waals surface area contributed by atoms with E-state index < -0.39 is 0 Å². The van der Waals surface area contributed by atoms with Gasteiger partial charge < -0.3 is 4.74 Å². The smallest absolute Gasteiger partial charge is 0.250 e. The van der Waals surface area contributed by atoms with Gasteiger partial charge in [0.1, 0.15) is 5.75 Å². The van der Waals surface area contributed by atoms with Crippen molar-refractivity contribution in [1.29, 1.82) is 0 Å². The Morgan fingerprint density at radius 3 is 2.80 bits per heavy atom. The van der Waals surface area contributed by atoms with Crippen LogP contribution in [-0.4, -0.2) is 18.0 Å². The van der Waals surface area contributed by atoms with Gasteiger partial charge in [-0.25, -0.2) is 4.98 Å².